The Morgan fingerprint density at radius 3 is 2.44 bits per heavy atom. The molecule has 1 saturated carbocycles. The zero-order chi connectivity index (χ0) is 13.3. The molecule has 0 unspecified atom stereocenters. The van der Waals surface area contributed by atoms with Gasteiger partial charge in [0, 0.05) is 12.6 Å². The highest BCUT2D eigenvalue weighted by atomic mass is 32.2. The molecule has 0 aromatic heterocycles. The van der Waals surface area contributed by atoms with Crippen LogP contribution in [0.1, 0.15) is 36.0 Å². The molecule has 5 heteroatoms. The average Bonchev–Trinajstić information content (AvgIpc) is 2.23. The summed E-state index contributed by atoms with van der Waals surface area (Å²) in [6, 6.07) is 3.69. The Morgan fingerprint density at radius 2 is 1.94 bits per heavy atom. The fourth-order valence-corrected chi connectivity index (χ4v) is 3.77. The van der Waals surface area contributed by atoms with Gasteiger partial charge in [-0.15, -0.1) is 0 Å². The predicted molar refractivity (Wildman–Crippen MR) is 71.8 cm³/mol. The van der Waals surface area contributed by atoms with Gasteiger partial charge in [-0.05, 0) is 49.4 Å². The summed E-state index contributed by atoms with van der Waals surface area (Å²) in [5.41, 5.74) is 8.33. The molecular formula is C13H20N2O2S. The molecule has 1 aromatic carbocycles. The number of nitrogens with two attached hydrogens (primary N) is 1. The van der Waals surface area contributed by atoms with Crippen LogP contribution in [-0.2, 0) is 16.6 Å². The molecule has 1 aromatic rings. The van der Waals surface area contributed by atoms with Crippen LogP contribution in [0.5, 0.6) is 0 Å². The first kappa shape index (κ1) is 13.5. The summed E-state index contributed by atoms with van der Waals surface area (Å²) in [6.45, 7) is 4.13. The molecule has 1 fully saturated rings. The lowest BCUT2D eigenvalue weighted by atomic mass is 9.94. The van der Waals surface area contributed by atoms with Crippen LogP contribution in [0, 0.1) is 13.8 Å². The Balaban J connectivity index is 2.36. The standard InChI is InChI=1S/C13H20N2O2S/c1-9-6-10(2)13(7-11(9)8-14)18(16,17)15-12-4-3-5-12/h6-7,12,15H,3-5,8,14H2,1-2H3. The molecule has 0 spiro atoms. The van der Waals surface area contributed by atoms with Crippen LogP contribution < -0.4 is 10.5 Å². The van der Waals surface area contributed by atoms with Gasteiger partial charge in [0.05, 0.1) is 4.90 Å². The Morgan fingerprint density at radius 1 is 1.28 bits per heavy atom. The minimum Gasteiger partial charge on any atom is -0.326 e. The van der Waals surface area contributed by atoms with Crippen molar-refractivity contribution in [2.75, 3.05) is 0 Å². The third-order valence-electron chi connectivity index (χ3n) is 3.57. The number of sulfonamides is 1. The first-order valence-corrected chi connectivity index (χ1v) is 7.75. The molecule has 0 radical (unpaired) electrons. The summed E-state index contributed by atoms with van der Waals surface area (Å²) in [7, 11) is -3.41. The SMILES string of the molecule is Cc1cc(C)c(S(=O)(=O)NC2CCC2)cc1CN. The van der Waals surface area contributed by atoms with Crippen LogP contribution in [0.4, 0.5) is 0 Å². The molecular weight excluding hydrogens is 248 g/mol. The molecule has 2 rings (SSSR count). The molecule has 0 atom stereocenters. The molecule has 1 aliphatic carbocycles. The number of nitrogens with one attached hydrogen (secondary N) is 1. The first-order valence-electron chi connectivity index (χ1n) is 6.26. The quantitative estimate of drug-likeness (QED) is 0.871. The van der Waals surface area contributed by atoms with E-state index in [0.717, 1.165) is 36.0 Å². The lowest BCUT2D eigenvalue weighted by molar-refractivity contribution is 0.383. The van der Waals surface area contributed by atoms with E-state index >= 15 is 0 Å². The van der Waals surface area contributed by atoms with E-state index in [9.17, 15) is 8.42 Å². The number of hydrogen-bond acceptors (Lipinski definition) is 3. The summed E-state index contributed by atoms with van der Waals surface area (Å²) >= 11 is 0. The summed E-state index contributed by atoms with van der Waals surface area (Å²) in [6.07, 6.45) is 2.98. The van der Waals surface area contributed by atoms with Crippen molar-refractivity contribution in [3.63, 3.8) is 0 Å². The van der Waals surface area contributed by atoms with Crippen LogP contribution in [0.2, 0.25) is 0 Å². The van der Waals surface area contributed by atoms with Crippen LogP contribution in [0.15, 0.2) is 17.0 Å². The minimum atomic E-state index is -3.41. The monoisotopic (exact) mass is 268 g/mol. The second-order valence-electron chi connectivity index (χ2n) is 5.00. The highest BCUT2D eigenvalue weighted by Gasteiger charge is 2.26. The van der Waals surface area contributed by atoms with Gasteiger partial charge in [0.1, 0.15) is 0 Å². The van der Waals surface area contributed by atoms with Gasteiger partial charge in [0.25, 0.3) is 0 Å². The molecule has 100 valence electrons. The lowest BCUT2D eigenvalue weighted by Gasteiger charge is -2.26. The molecule has 3 N–H and O–H groups in total. The van der Waals surface area contributed by atoms with E-state index in [1.54, 1.807) is 6.07 Å². The molecule has 4 nitrogen and oxygen atoms in total. The fraction of sp³-hybridized carbons (Fsp3) is 0.538. The molecule has 18 heavy (non-hydrogen) atoms. The third-order valence-corrected chi connectivity index (χ3v) is 5.23. The largest absolute Gasteiger partial charge is 0.326 e. The van der Waals surface area contributed by atoms with Crippen molar-refractivity contribution >= 4 is 10.0 Å². The Kier molecular flexibility index (Phi) is 3.75. The Labute approximate surface area is 109 Å². The summed E-state index contributed by atoms with van der Waals surface area (Å²) in [5, 5.41) is 0. The second kappa shape index (κ2) is 4.99. The van der Waals surface area contributed by atoms with Crippen molar-refractivity contribution in [3.05, 3.63) is 28.8 Å². The Bertz CT molecular complexity index is 548. The normalized spacial score (nSPS) is 16.6. The van der Waals surface area contributed by atoms with E-state index in [2.05, 4.69) is 4.72 Å². The number of hydrogen-bond donors (Lipinski definition) is 2. The highest BCUT2D eigenvalue weighted by Crippen LogP contribution is 2.24. The van der Waals surface area contributed by atoms with Gasteiger partial charge < -0.3 is 5.73 Å². The van der Waals surface area contributed by atoms with Crippen LogP contribution >= 0.6 is 0 Å². The molecule has 0 amide bonds. The van der Waals surface area contributed by atoms with E-state index in [-0.39, 0.29) is 6.04 Å². The molecule has 1 aliphatic rings. The van der Waals surface area contributed by atoms with Gasteiger partial charge in [-0.1, -0.05) is 12.5 Å². The van der Waals surface area contributed by atoms with E-state index in [4.69, 9.17) is 5.73 Å². The van der Waals surface area contributed by atoms with Crippen molar-refractivity contribution in [2.45, 2.75) is 50.6 Å². The molecule has 0 bridgehead atoms. The van der Waals surface area contributed by atoms with Crippen molar-refractivity contribution in [2.24, 2.45) is 5.73 Å². The van der Waals surface area contributed by atoms with Crippen LogP contribution in [0.3, 0.4) is 0 Å². The zero-order valence-electron chi connectivity index (χ0n) is 10.9. The third kappa shape index (κ3) is 2.58. The van der Waals surface area contributed by atoms with E-state index in [0.29, 0.717) is 11.4 Å². The van der Waals surface area contributed by atoms with Gasteiger partial charge in [-0.25, -0.2) is 13.1 Å². The van der Waals surface area contributed by atoms with Crippen LogP contribution in [-0.4, -0.2) is 14.5 Å². The van der Waals surface area contributed by atoms with Crippen LogP contribution in [0.25, 0.3) is 0 Å². The maximum atomic E-state index is 12.3. The van der Waals surface area contributed by atoms with Gasteiger partial charge in [0.15, 0.2) is 0 Å². The van der Waals surface area contributed by atoms with Gasteiger partial charge in [-0.2, -0.15) is 0 Å². The zero-order valence-corrected chi connectivity index (χ0v) is 11.7. The summed E-state index contributed by atoms with van der Waals surface area (Å²) in [4.78, 5) is 0.362. The molecule has 0 aliphatic heterocycles. The van der Waals surface area contributed by atoms with Crippen molar-refractivity contribution in [1.82, 2.24) is 4.72 Å². The minimum absolute atomic E-state index is 0.108. The van der Waals surface area contributed by atoms with Gasteiger partial charge in [-0.3, -0.25) is 0 Å². The lowest BCUT2D eigenvalue weighted by Crippen LogP contribution is -2.39. The Hall–Kier alpha value is -0.910. The van der Waals surface area contributed by atoms with E-state index in [1.807, 2.05) is 19.9 Å². The number of aryl methyl sites for hydroxylation is 2. The smallest absolute Gasteiger partial charge is 0.241 e. The number of benzene rings is 1. The van der Waals surface area contributed by atoms with Crippen molar-refractivity contribution in [3.8, 4) is 0 Å². The fourth-order valence-electron chi connectivity index (χ4n) is 2.19. The van der Waals surface area contributed by atoms with Crippen molar-refractivity contribution in [1.29, 1.82) is 0 Å². The van der Waals surface area contributed by atoms with Crippen molar-refractivity contribution < 1.29 is 8.42 Å². The second-order valence-corrected chi connectivity index (χ2v) is 6.68. The van der Waals surface area contributed by atoms with E-state index < -0.39 is 10.0 Å². The molecule has 0 heterocycles. The van der Waals surface area contributed by atoms with Gasteiger partial charge >= 0.3 is 0 Å². The van der Waals surface area contributed by atoms with E-state index in [1.165, 1.54) is 0 Å². The predicted octanol–water partition coefficient (Wildman–Crippen LogP) is 1.59. The van der Waals surface area contributed by atoms with Gasteiger partial charge in [0.2, 0.25) is 10.0 Å². The summed E-state index contributed by atoms with van der Waals surface area (Å²) in [5.74, 6) is 0. The first-order chi connectivity index (χ1) is 8.44. The maximum Gasteiger partial charge on any atom is 0.241 e. The topological polar surface area (TPSA) is 72.2 Å². The summed E-state index contributed by atoms with van der Waals surface area (Å²) < 4.78 is 27.3. The molecule has 0 saturated heterocycles. The highest BCUT2D eigenvalue weighted by molar-refractivity contribution is 7.89. The average molecular weight is 268 g/mol. The number of rotatable bonds is 4. The maximum absolute atomic E-state index is 12.3.